The Hall–Kier alpha value is -7.30. The Labute approximate surface area is 439 Å². The van der Waals surface area contributed by atoms with Gasteiger partial charge >= 0.3 is 11.9 Å². The molecule has 6 aromatic rings. The number of carbonyl (C=O) groups is 5. The number of nitrogens with one attached hydrogen (secondary N) is 2. The lowest BCUT2D eigenvalue weighted by atomic mass is 9.93. The molecule has 1 aromatic heterocycles. The number of pyridine rings is 1. The SMILES string of the molecule is Cc1ccc(C2N=[N+](CC(=O)N(C)C)C(=O)c3ccccc32)cc1S(=O)(=O)N(C)C.O=C(NCCSc1ccccc1)c1cncc(Br)c1.O=C(O)COc1ccccc1/C=N/NC(=O)c1cc(Cl)ccc1O. The fourth-order valence-corrected chi connectivity index (χ4v) is 8.95. The van der Waals surface area contributed by atoms with E-state index in [2.05, 4.69) is 54.0 Å². The number of phenols is 1. The molecule has 4 amide bonds. The number of hydrogen-bond acceptors (Lipinski definition) is 13. The Balaban J connectivity index is 0.000000209. The van der Waals surface area contributed by atoms with Crippen LogP contribution in [0.1, 0.15) is 59.4 Å². The molecule has 380 valence electrons. The molecule has 1 aliphatic heterocycles. The van der Waals surface area contributed by atoms with Gasteiger partial charge in [-0.15, -0.1) is 11.8 Å². The van der Waals surface area contributed by atoms with Gasteiger partial charge < -0.3 is 25.2 Å². The molecule has 18 nitrogen and oxygen atoms in total. The highest BCUT2D eigenvalue weighted by atomic mass is 79.9. The number of carboxylic acids is 1. The number of nitrogens with zero attached hydrogens (tertiary/aromatic N) is 6. The fourth-order valence-electron chi connectivity index (χ4n) is 6.47. The van der Waals surface area contributed by atoms with Gasteiger partial charge in [0.05, 0.1) is 27.8 Å². The smallest absolute Gasteiger partial charge is 0.444 e. The van der Waals surface area contributed by atoms with Crippen molar-refractivity contribution in [2.75, 3.05) is 53.6 Å². The first-order valence-corrected chi connectivity index (χ1v) is 25.5. The van der Waals surface area contributed by atoms with Crippen molar-refractivity contribution >= 4 is 85.1 Å². The summed E-state index contributed by atoms with van der Waals surface area (Å²) < 4.78 is 33.7. The second-order valence-electron chi connectivity index (χ2n) is 16.0. The highest BCUT2D eigenvalue weighted by Crippen LogP contribution is 2.35. The Bertz CT molecular complexity index is 3140. The summed E-state index contributed by atoms with van der Waals surface area (Å²) in [7, 11) is 2.54. The van der Waals surface area contributed by atoms with Crippen molar-refractivity contribution in [1.29, 1.82) is 0 Å². The summed E-state index contributed by atoms with van der Waals surface area (Å²) in [5, 5.41) is 29.7. The molecule has 0 fully saturated rings. The number of rotatable bonds is 16. The topological polar surface area (TPSA) is 240 Å². The minimum atomic E-state index is -3.65. The van der Waals surface area contributed by atoms with Gasteiger partial charge in [-0.05, 0) is 104 Å². The first-order chi connectivity index (χ1) is 34.8. The molecular weight excluding hydrogens is 1060 g/mol. The van der Waals surface area contributed by atoms with Crippen LogP contribution in [-0.4, -0.2) is 127 Å². The average Bonchev–Trinajstić information content (AvgIpc) is 3.37. The predicted octanol–water partition coefficient (Wildman–Crippen LogP) is 7.68. The summed E-state index contributed by atoms with van der Waals surface area (Å²) in [6, 6.07) is 34.1. The molecule has 0 bridgehead atoms. The van der Waals surface area contributed by atoms with Gasteiger partial charge in [-0.25, -0.2) is 27.7 Å². The van der Waals surface area contributed by atoms with Crippen LogP contribution in [0.25, 0.3) is 0 Å². The Morgan fingerprint density at radius 3 is 2.30 bits per heavy atom. The van der Waals surface area contributed by atoms with Crippen molar-refractivity contribution < 1.29 is 52.0 Å². The summed E-state index contributed by atoms with van der Waals surface area (Å²) in [6.07, 6.45) is 4.52. The third-order valence-corrected chi connectivity index (χ3v) is 13.9. The number of benzene rings is 5. The standard InChI is InChI=1S/C21H25N4O4S.C16H13ClN2O5.C14H13BrN2OS/c1-14-10-11-15(12-18(14)30(28,29)24(4)5)20-16-8-6-7-9-17(16)21(27)25(22-20)13-19(26)23(2)3;17-11-5-6-13(20)12(7-11)16(23)19-18-8-10-3-1-2-4-14(10)24-9-15(21)22;15-12-8-11(9-16-10-12)14(18)17-6-7-19-13-4-2-1-3-5-13/h6-12,20H,13H2,1-5H3;1-8,20H,9H2,(H,19,23)(H,21,22);1-5,8-10H,6-7H2,(H,17,18)/q+1;;/b;18-8+;. The van der Waals surface area contributed by atoms with Crippen LogP contribution in [0.4, 0.5) is 0 Å². The van der Waals surface area contributed by atoms with Crippen LogP contribution in [0, 0.1) is 6.92 Å². The zero-order valence-electron chi connectivity index (χ0n) is 40.1. The van der Waals surface area contributed by atoms with Gasteiger partial charge in [0.2, 0.25) is 10.0 Å². The molecule has 1 aliphatic rings. The number of aryl methyl sites for hydroxylation is 1. The number of sulfonamides is 1. The van der Waals surface area contributed by atoms with Crippen LogP contribution < -0.4 is 15.5 Å². The maximum absolute atomic E-state index is 12.9. The fraction of sp³-hybridized carbons (Fsp3) is 0.196. The molecule has 1 atom stereocenters. The van der Waals surface area contributed by atoms with E-state index in [-0.39, 0.29) is 40.5 Å². The second-order valence-corrected chi connectivity index (χ2v) is 20.6. The molecule has 0 saturated carbocycles. The van der Waals surface area contributed by atoms with E-state index in [0.717, 1.165) is 19.2 Å². The van der Waals surface area contributed by atoms with Gasteiger partial charge in [0, 0.05) is 78.4 Å². The maximum Gasteiger partial charge on any atom is 0.444 e. The summed E-state index contributed by atoms with van der Waals surface area (Å²) in [6.45, 7) is 1.68. The quantitative estimate of drug-likeness (QED) is 0.0240. The van der Waals surface area contributed by atoms with Crippen LogP contribution in [0.5, 0.6) is 11.5 Å². The lowest BCUT2D eigenvalue weighted by Gasteiger charge is -2.20. The van der Waals surface area contributed by atoms with E-state index in [1.165, 1.54) is 48.3 Å². The van der Waals surface area contributed by atoms with Crippen molar-refractivity contribution in [3.05, 3.63) is 182 Å². The van der Waals surface area contributed by atoms with E-state index < -0.39 is 34.5 Å². The van der Waals surface area contributed by atoms with Crippen LogP contribution in [0.2, 0.25) is 5.02 Å². The van der Waals surface area contributed by atoms with Crippen LogP contribution in [0.15, 0.2) is 158 Å². The summed E-state index contributed by atoms with van der Waals surface area (Å²) in [5.74, 6) is -1.53. The molecule has 0 radical (unpaired) electrons. The van der Waals surface area contributed by atoms with Gasteiger partial charge in [0.25, 0.3) is 24.3 Å². The Morgan fingerprint density at radius 1 is 0.904 bits per heavy atom. The lowest BCUT2D eigenvalue weighted by molar-refractivity contribution is -0.495. The molecule has 2 heterocycles. The lowest BCUT2D eigenvalue weighted by Crippen LogP contribution is -2.36. The van der Waals surface area contributed by atoms with E-state index in [9.17, 15) is 37.5 Å². The van der Waals surface area contributed by atoms with Gasteiger partial charge in [0.15, 0.2) is 12.6 Å². The van der Waals surface area contributed by atoms with Gasteiger partial charge in [0.1, 0.15) is 11.5 Å². The third-order valence-electron chi connectivity index (χ3n) is 10.3. The summed E-state index contributed by atoms with van der Waals surface area (Å²) >= 11 is 10.8. The minimum absolute atomic E-state index is 0.0185. The molecule has 0 spiro atoms. The number of aromatic hydroxyl groups is 1. The monoisotopic (exact) mass is 1110 g/mol. The molecule has 0 aliphatic carbocycles. The number of azo groups is 2. The number of halogens is 2. The summed E-state index contributed by atoms with van der Waals surface area (Å²) in [5.41, 5.74) is 5.64. The van der Waals surface area contributed by atoms with Gasteiger partial charge in [-0.1, -0.05) is 72.3 Å². The van der Waals surface area contributed by atoms with E-state index >= 15 is 0 Å². The van der Waals surface area contributed by atoms with E-state index in [1.54, 1.807) is 118 Å². The number of phenolic OH excluding ortho intramolecular Hbond substituents is 1. The normalized spacial score (nSPS) is 12.8. The van der Waals surface area contributed by atoms with Crippen molar-refractivity contribution in [3.63, 3.8) is 0 Å². The third kappa shape index (κ3) is 16.4. The van der Waals surface area contributed by atoms with Crippen molar-refractivity contribution in [2.24, 2.45) is 10.2 Å². The Morgan fingerprint density at radius 2 is 1.60 bits per heavy atom. The largest absolute Gasteiger partial charge is 0.507 e. The second kappa shape index (κ2) is 26.9. The first kappa shape index (κ1) is 56.6. The number of para-hydroxylation sites is 1. The molecular formula is C51H51BrClN8O10S2+. The van der Waals surface area contributed by atoms with Crippen LogP contribution in [0.3, 0.4) is 0 Å². The molecule has 1 unspecified atom stereocenters. The van der Waals surface area contributed by atoms with Crippen molar-refractivity contribution in [1.82, 2.24) is 24.9 Å². The molecule has 7 rings (SSSR count). The van der Waals surface area contributed by atoms with E-state index in [1.807, 2.05) is 18.2 Å². The molecule has 22 heteroatoms. The number of aliphatic carboxylic acids is 1. The van der Waals surface area contributed by atoms with Gasteiger partial charge in [-0.3, -0.25) is 19.4 Å². The number of aromatic nitrogens is 1. The zero-order valence-corrected chi connectivity index (χ0v) is 44.1. The number of carbonyl (C=O) groups excluding carboxylic acids is 4. The van der Waals surface area contributed by atoms with Crippen LogP contribution >= 0.6 is 39.3 Å². The number of carboxylic acid groups (broad SMARTS) is 1. The van der Waals surface area contributed by atoms with E-state index in [4.69, 9.17) is 21.4 Å². The van der Waals surface area contributed by atoms with Crippen LogP contribution in [-0.2, 0) is 19.6 Å². The highest BCUT2D eigenvalue weighted by Gasteiger charge is 2.38. The summed E-state index contributed by atoms with van der Waals surface area (Å²) in [4.78, 5) is 66.2. The number of amides is 4. The van der Waals surface area contributed by atoms with Crippen molar-refractivity contribution in [2.45, 2.75) is 22.8 Å². The number of hydrogen-bond donors (Lipinski definition) is 4. The maximum atomic E-state index is 12.9. The number of thioether (sulfide) groups is 1. The zero-order chi connectivity index (χ0) is 53.2. The van der Waals surface area contributed by atoms with E-state index in [0.29, 0.717) is 50.7 Å². The molecule has 5 aromatic carbocycles. The van der Waals surface area contributed by atoms with Crippen molar-refractivity contribution in [3.8, 4) is 11.5 Å². The number of hydrazone groups is 1. The van der Waals surface area contributed by atoms with Gasteiger partial charge in [-0.2, -0.15) is 5.10 Å². The predicted molar refractivity (Wildman–Crippen MR) is 280 cm³/mol. The minimum Gasteiger partial charge on any atom is -0.507 e. The number of likely N-dealkylation sites (N-methyl/N-ethyl adjacent to an activating group) is 1. The number of fused-ring (bicyclic) bond motifs is 1. The molecule has 73 heavy (non-hydrogen) atoms. The highest BCUT2D eigenvalue weighted by molar-refractivity contribution is 9.10. The first-order valence-electron chi connectivity index (χ1n) is 21.9. The average molecular weight is 1120 g/mol. The molecule has 0 saturated heterocycles. The molecule has 4 N–H and O–H groups in total. The number of ether oxygens (including phenoxy) is 1. The Kier molecular flexibility index (Phi) is 20.9.